The average Bonchev–Trinajstić information content (AvgIpc) is 2.50. The molecule has 1 unspecified atom stereocenters. The molecule has 0 radical (unpaired) electrons. The van der Waals surface area contributed by atoms with Gasteiger partial charge in [0.25, 0.3) is 5.91 Å². The molecule has 0 fully saturated rings. The van der Waals surface area contributed by atoms with Crippen molar-refractivity contribution in [1.82, 2.24) is 4.90 Å². The van der Waals surface area contributed by atoms with Gasteiger partial charge in [-0.3, -0.25) is 4.79 Å². The number of hydrogen-bond acceptors (Lipinski definition) is 6. The highest BCUT2D eigenvalue weighted by Crippen LogP contribution is 2.15. The van der Waals surface area contributed by atoms with Crippen molar-refractivity contribution in [2.24, 2.45) is 5.73 Å². The zero-order valence-corrected chi connectivity index (χ0v) is 14.9. The van der Waals surface area contributed by atoms with Gasteiger partial charge in [-0.2, -0.15) is 0 Å². The third-order valence-electron chi connectivity index (χ3n) is 2.92. The summed E-state index contributed by atoms with van der Waals surface area (Å²) < 4.78 is 14.9. The van der Waals surface area contributed by atoms with Gasteiger partial charge >= 0.3 is 12.2 Å². The Morgan fingerprint density at radius 2 is 1.76 bits per heavy atom. The lowest BCUT2D eigenvalue weighted by molar-refractivity contribution is -0.142. The van der Waals surface area contributed by atoms with Crippen LogP contribution in [0, 0.1) is 0 Å². The number of carbonyl (C=O) groups excluding carboxylic acids is 3. The number of amides is 3. The number of carbonyl (C=O) groups is 3. The third-order valence-corrected chi connectivity index (χ3v) is 2.92. The molecule has 1 rings (SSSR count). The van der Waals surface area contributed by atoms with E-state index in [0.717, 1.165) is 4.90 Å². The van der Waals surface area contributed by atoms with Crippen molar-refractivity contribution in [3.63, 3.8) is 0 Å². The second-order valence-electron chi connectivity index (χ2n) is 6.27. The van der Waals surface area contributed by atoms with E-state index in [0.29, 0.717) is 5.56 Å². The summed E-state index contributed by atoms with van der Waals surface area (Å²) in [6.07, 6.45) is -3.34. The molecule has 1 aromatic carbocycles. The molecular weight excluding hydrogens is 328 g/mol. The highest BCUT2D eigenvalue weighted by atomic mass is 16.6. The lowest BCUT2D eigenvalue weighted by atomic mass is 10.2. The van der Waals surface area contributed by atoms with Crippen LogP contribution in [0.2, 0.25) is 0 Å². The molecule has 0 aromatic heterocycles. The van der Waals surface area contributed by atoms with Gasteiger partial charge in [0.1, 0.15) is 5.60 Å². The standard InChI is InChI=1S/C17H24N2O6/c1-17(2,3)25-16(22)19(10-12-8-6-5-7-9-12)14(20)13(11-23-4)24-15(18)21/h5-9,13H,10-11H2,1-4H3,(H2,18,21). The highest BCUT2D eigenvalue weighted by Gasteiger charge is 2.34. The lowest BCUT2D eigenvalue weighted by Gasteiger charge is -2.28. The van der Waals surface area contributed by atoms with Crippen molar-refractivity contribution >= 4 is 18.1 Å². The Morgan fingerprint density at radius 3 is 2.24 bits per heavy atom. The largest absolute Gasteiger partial charge is 0.443 e. The predicted molar refractivity (Wildman–Crippen MR) is 89.6 cm³/mol. The van der Waals surface area contributed by atoms with Gasteiger partial charge in [0, 0.05) is 7.11 Å². The number of rotatable bonds is 6. The molecule has 0 heterocycles. The SMILES string of the molecule is COCC(OC(N)=O)C(=O)N(Cc1ccccc1)C(=O)OC(C)(C)C. The van der Waals surface area contributed by atoms with E-state index >= 15 is 0 Å². The fourth-order valence-electron chi connectivity index (χ4n) is 1.94. The van der Waals surface area contributed by atoms with E-state index in [1.54, 1.807) is 45.0 Å². The number of imide groups is 1. The second kappa shape index (κ2) is 9.03. The summed E-state index contributed by atoms with van der Waals surface area (Å²) >= 11 is 0. The van der Waals surface area contributed by atoms with Crippen LogP contribution in [0.25, 0.3) is 0 Å². The van der Waals surface area contributed by atoms with E-state index in [1.165, 1.54) is 7.11 Å². The van der Waals surface area contributed by atoms with Crippen molar-refractivity contribution in [3.05, 3.63) is 35.9 Å². The molecule has 8 heteroatoms. The predicted octanol–water partition coefficient (Wildman–Crippen LogP) is 2.06. The van der Waals surface area contributed by atoms with Crippen molar-refractivity contribution in [3.8, 4) is 0 Å². The maximum absolute atomic E-state index is 12.7. The molecule has 25 heavy (non-hydrogen) atoms. The van der Waals surface area contributed by atoms with Crippen LogP contribution in [-0.4, -0.2) is 48.4 Å². The molecule has 0 aliphatic carbocycles. The van der Waals surface area contributed by atoms with Gasteiger partial charge in [-0.15, -0.1) is 0 Å². The number of benzene rings is 1. The van der Waals surface area contributed by atoms with Gasteiger partial charge in [-0.1, -0.05) is 30.3 Å². The van der Waals surface area contributed by atoms with Crippen molar-refractivity contribution in [1.29, 1.82) is 0 Å². The van der Waals surface area contributed by atoms with Gasteiger partial charge < -0.3 is 19.9 Å². The van der Waals surface area contributed by atoms with E-state index in [-0.39, 0.29) is 13.2 Å². The lowest BCUT2D eigenvalue weighted by Crippen LogP contribution is -2.48. The van der Waals surface area contributed by atoms with Gasteiger partial charge in [0.05, 0.1) is 13.2 Å². The van der Waals surface area contributed by atoms with Crippen molar-refractivity contribution in [2.45, 2.75) is 39.0 Å². The smallest absolute Gasteiger partial charge is 0.417 e. The van der Waals surface area contributed by atoms with Crippen LogP contribution in [-0.2, 0) is 25.5 Å². The number of nitrogens with two attached hydrogens (primary N) is 1. The number of primary amides is 1. The fraction of sp³-hybridized carbons (Fsp3) is 0.471. The molecule has 3 amide bonds. The van der Waals surface area contributed by atoms with Crippen LogP contribution in [0.1, 0.15) is 26.3 Å². The van der Waals surface area contributed by atoms with E-state index in [1.807, 2.05) is 6.07 Å². The molecule has 8 nitrogen and oxygen atoms in total. The molecule has 1 atom stereocenters. The zero-order chi connectivity index (χ0) is 19.0. The first kappa shape index (κ1) is 20.4. The second-order valence-corrected chi connectivity index (χ2v) is 6.27. The Kier molecular flexibility index (Phi) is 7.38. The van der Waals surface area contributed by atoms with Gasteiger partial charge in [0.15, 0.2) is 0 Å². The highest BCUT2D eigenvalue weighted by molar-refractivity contribution is 5.95. The molecule has 0 saturated heterocycles. The average molecular weight is 352 g/mol. The Labute approximate surface area is 146 Å². The van der Waals surface area contributed by atoms with Crippen LogP contribution in [0.15, 0.2) is 30.3 Å². The van der Waals surface area contributed by atoms with E-state index in [4.69, 9.17) is 19.9 Å². The summed E-state index contributed by atoms with van der Waals surface area (Å²) in [6, 6.07) is 8.88. The summed E-state index contributed by atoms with van der Waals surface area (Å²) in [5, 5.41) is 0. The van der Waals surface area contributed by atoms with Crippen LogP contribution >= 0.6 is 0 Å². The molecule has 0 aliphatic rings. The minimum atomic E-state index is -1.35. The van der Waals surface area contributed by atoms with Crippen LogP contribution in [0.3, 0.4) is 0 Å². The minimum absolute atomic E-state index is 0.0447. The molecule has 2 N–H and O–H groups in total. The maximum Gasteiger partial charge on any atom is 0.417 e. The Morgan fingerprint density at radius 1 is 1.16 bits per heavy atom. The first-order valence-electron chi connectivity index (χ1n) is 7.67. The molecule has 0 saturated carbocycles. The van der Waals surface area contributed by atoms with Crippen LogP contribution in [0.4, 0.5) is 9.59 Å². The Hall–Kier alpha value is -2.61. The summed E-state index contributed by atoms with van der Waals surface area (Å²) in [4.78, 5) is 37.1. The van der Waals surface area contributed by atoms with Gasteiger partial charge in [-0.25, -0.2) is 14.5 Å². The summed E-state index contributed by atoms with van der Waals surface area (Å²) in [5.74, 6) is -0.779. The van der Waals surface area contributed by atoms with Crippen molar-refractivity contribution < 1.29 is 28.6 Å². The number of methoxy groups -OCH3 is 1. The molecular formula is C17H24N2O6. The molecule has 0 spiro atoms. The molecule has 0 aliphatic heterocycles. The zero-order valence-electron chi connectivity index (χ0n) is 14.9. The van der Waals surface area contributed by atoms with E-state index in [2.05, 4.69) is 0 Å². The molecule has 0 bridgehead atoms. The van der Waals surface area contributed by atoms with Crippen molar-refractivity contribution in [2.75, 3.05) is 13.7 Å². The van der Waals surface area contributed by atoms with Crippen LogP contribution in [0.5, 0.6) is 0 Å². The monoisotopic (exact) mass is 352 g/mol. The molecule has 138 valence electrons. The number of nitrogens with zero attached hydrogens (tertiary/aromatic N) is 1. The normalized spacial score (nSPS) is 12.2. The quantitative estimate of drug-likeness (QED) is 0.839. The fourth-order valence-corrected chi connectivity index (χ4v) is 1.94. The Balaban J connectivity index is 3.07. The summed E-state index contributed by atoms with van der Waals surface area (Å²) in [6.45, 7) is 4.76. The first-order valence-corrected chi connectivity index (χ1v) is 7.67. The first-order chi connectivity index (χ1) is 11.6. The number of hydrogen-bond donors (Lipinski definition) is 1. The van der Waals surface area contributed by atoms with Crippen LogP contribution < -0.4 is 5.73 Å². The molecule has 1 aromatic rings. The number of ether oxygens (including phenoxy) is 3. The van der Waals surface area contributed by atoms with Gasteiger partial charge in [-0.05, 0) is 26.3 Å². The summed E-state index contributed by atoms with van der Waals surface area (Å²) in [7, 11) is 1.33. The van der Waals surface area contributed by atoms with E-state index < -0.39 is 29.8 Å². The minimum Gasteiger partial charge on any atom is -0.443 e. The summed E-state index contributed by atoms with van der Waals surface area (Å²) in [5.41, 5.74) is 4.90. The topological polar surface area (TPSA) is 108 Å². The van der Waals surface area contributed by atoms with E-state index in [9.17, 15) is 14.4 Å². The third kappa shape index (κ3) is 7.21. The maximum atomic E-state index is 12.7. The van der Waals surface area contributed by atoms with Gasteiger partial charge in [0.2, 0.25) is 6.10 Å². The Bertz CT molecular complexity index is 597.